The van der Waals surface area contributed by atoms with Crippen LogP contribution in [0.5, 0.6) is 0 Å². The Hall–Kier alpha value is -3.08. The third-order valence-corrected chi connectivity index (χ3v) is 4.30. The first kappa shape index (κ1) is 16.4. The van der Waals surface area contributed by atoms with Gasteiger partial charge in [0.15, 0.2) is 22.8 Å². The number of hydrogen-bond acceptors (Lipinski definition) is 9. The van der Waals surface area contributed by atoms with Crippen molar-refractivity contribution < 1.29 is 9.32 Å². The fourth-order valence-corrected chi connectivity index (χ4v) is 3.00. The highest BCUT2D eigenvalue weighted by atomic mass is 16.5. The summed E-state index contributed by atoms with van der Waals surface area (Å²) in [7, 11) is 1.80. The third-order valence-electron chi connectivity index (χ3n) is 4.30. The zero-order valence-electron chi connectivity index (χ0n) is 14.6. The third kappa shape index (κ3) is 3.20. The maximum Gasteiger partial charge on any atom is 0.239 e. The van der Waals surface area contributed by atoms with Gasteiger partial charge in [0.1, 0.15) is 12.1 Å². The second kappa shape index (κ2) is 6.67. The predicted octanol–water partition coefficient (Wildman–Crippen LogP) is -0.185. The van der Waals surface area contributed by atoms with E-state index in [0.29, 0.717) is 29.3 Å². The number of anilines is 2. The van der Waals surface area contributed by atoms with Gasteiger partial charge in [-0.3, -0.25) is 9.69 Å². The van der Waals surface area contributed by atoms with Crippen molar-refractivity contribution in [3.8, 4) is 0 Å². The molecule has 11 heteroatoms. The summed E-state index contributed by atoms with van der Waals surface area (Å²) in [6, 6.07) is 1.69. The van der Waals surface area contributed by atoms with Crippen LogP contribution in [0.1, 0.15) is 5.76 Å². The Labute approximate surface area is 149 Å². The number of nitrogens with one attached hydrogen (secondary N) is 1. The summed E-state index contributed by atoms with van der Waals surface area (Å²) in [6.45, 7) is 5.08. The van der Waals surface area contributed by atoms with Crippen LogP contribution >= 0.6 is 0 Å². The Morgan fingerprint density at radius 1 is 1.27 bits per heavy atom. The summed E-state index contributed by atoms with van der Waals surface area (Å²) in [5.74, 6) is 1.78. The van der Waals surface area contributed by atoms with Gasteiger partial charge in [0, 0.05) is 39.3 Å². The van der Waals surface area contributed by atoms with Crippen LogP contribution in [0.2, 0.25) is 0 Å². The number of amides is 1. The quantitative estimate of drug-likeness (QED) is 0.678. The lowest BCUT2D eigenvalue weighted by Crippen LogP contribution is -2.49. The monoisotopic (exact) mass is 357 g/mol. The summed E-state index contributed by atoms with van der Waals surface area (Å²) < 4.78 is 6.58. The first-order valence-corrected chi connectivity index (χ1v) is 8.31. The summed E-state index contributed by atoms with van der Waals surface area (Å²) in [6.07, 6.45) is 1.53. The zero-order valence-corrected chi connectivity index (χ0v) is 14.6. The van der Waals surface area contributed by atoms with Crippen molar-refractivity contribution >= 4 is 28.7 Å². The van der Waals surface area contributed by atoms with Gasteiger partial charge in [0.2, 0.25) is 5.91 Å². The van der Waals surface area contributed by atoms with Crippen molar-refractivity contribution in [3.05, 3.63) is 18.2 Å². The number of aryl methyl sites for hydroxylation is 2. The van der Waals surface area contributed by atoms with Gasteiger partial charge in [-0.05, 0) is 6.92 Å². The van der Waals surface area contributed by atoms with Gasteiger partial charge in [0.25, 0.3) is 0 Å². The Bertz CT molecular complexity index is 926. The first-order valence-electron chi connectivity index (χ1n) is 8.31. The van der Waals surface area contributed by atoms with Gasteiger partial charge >= 0.3 is 0 Å². The Balaban J connectivity index is 1.35. The largest absolute Gasteiger partial charge is 0.360 e. The summed E-state index contributed by atoms with van der Waals surface area (Å²) in [5, 5.41) is 14.7. The molecule has 0 unspecified atom stereocenters. The Morgan fingerprint density at radius 2 is 2.08 bits per heavy atom. The van der Waals surface area contributed by atoms with Gasteiger partial charge < -0.3 is 14.7 Å². The molecule has 0 radical (unpaired) electrons. The molecule has 0 atom stereocenters. The Kier molecular flexibility index (Phi) is 4.21. The molecule has 4 rings (SSSR count). The molecule has 11 nitrogen and oxygen atoms in total. The van der Waals surface area contributed by atoms with Gasteiger partial charge in [0.05, 0.1) is 6.54 Å². The molecule has 1 amide bonds. The van der Waals surface area contributed by atoms with Gasteiger partial charge in [-0.1, -0.05) is 10.4 Å². The smallest absolute Gasteiger partial charge is 0.239 e. The lowest BCUT2D eigenvalue weighted by Gasteiger charge is -2.34. The number of carbonyl (C=O) groups excluding carboxylic acids is 1. The van der Waals surface area contributed by atoms with E-state index in [4.69, 9.17) is 4.52 Å². The predicted molar refractivity (Wildman–Crippen MR) is 92.6 cm³/mol. The average molecular weight is 357 g/mol. The summed E-state index contributed by atoms with van der Waals surface area (Å²) in [5.41, 5.74) is 1.40. The van der Waals surface area contributed by atoms with E-state index < -0.39 is 0 Å². The molecule has 3 aromatic rings. The van der Waals surface area contributed by atoms with E-state index in [-0.39, 0.29) is 5.91 Å². The van der Waals surface area contributed by atoms with Crippen LogP contribution in [-0.2, 0) is 11.8 Å². The average Bonchev–Trinajstić information content (AvgIpc) is 3.21. The second-order valence-corrected chi connectivity index (χ2v) is 6.22. The van der Waals surface area contributed by atoms with Crippen molar-refractivity contribution in [2.45, 2.75) is 6.92 Å². The standard InChI is InChI=1S/C15H19N9O2/c1-10-7-11(20-26-10)18-12(25)8-23-3-5-24(6-4-23)15-13-14(16-9-17-15)22(2)21-19-13/h7,9H,3-6,8H2,1-2H3,(H,18,20,25). The summed E-state index contributed by atoms with van der Waals surface area (Å²) in [4.78, 5) is 25.0. The topological polar surface area (TPSA) is 118 Å². The van der Waals surface area contributed by atoms with Crippen LogP contribution in [0.3, 0.4) is 0 Å². The Morgan fingerprint density at radius 3 is 2.81 bits per heavy atom. The molecule has 0 aliphatic carbocycles. The van der Waals surface area contributed by atoms with Crippen LogP contribution in [0.25, 0.3) is 11.2 Å². The summed E-state index contributed by atoms with van der Waals surface area (Å²) >= 11 is 0. The van der Waals surface area contributed by atoms with E-state index in [9.17, 15) is 4.79 Å². The molecule has 0 bridgehead atoms. The SMILES string of the molecule is Cc1cc(NC(=O)CN2CCN(c3ncnc4c3nnn4C)CC2)no1. The number of fused-ring (bicyclic) bond motifs is 1. The molecule has 1 saturated heterocycles. The molecule has 0 spiro atoms. The lowest BCUT2D eigenvalue weighted by atomic mass is 10.3. The minimum atomic E-state index is -0.106. The van der Waals surface area contributed by atoms with E-state index in [1.165, 1.54) is 6.33 Å². The molecule has 3 aromatic heterocycles. The van der Waals surface area contributed by atoms with Crippen molar-refractivity contribution in [2.24, 2.45) is 7.05 Å². The maximum atomic E-state index is 12.1. The van der Waals surface area contributed by atoms with E-state index in [2.05, 4.69) is 40.6 Å². The second-order valence-electron chi connectivity index (χ2n) is 6.22. The number of nitrogens with zero attached hydrogens (tertiary/aromatic N) is 8. The normalized spacial score (nSPS) is 15.5. The molecule has 26 heavy (non-hydrogen) atoms. The molecule has 4 heterocycles. The lowest BCUT2D eigenvalue weighted by molar-refractivity contribution is -0.117. The van der Waals surface area contributed by atoms with Crippen LogP contribution in [0.15, 0.2) is 16.9 Å². The highest BCUT2D eigenvalue weighted by Crippen LogP contribution is 2.21. The number of aromatic nitrogens is 6. The molecule has 0 saturated carbocycles. The minimum absolute atomic E-state index is 0.106. The van der Waals surface area contributed by atoms with Crippen molar-refractivity contribution in [1.29, 1.82) is 0 Å². The highest BCUT2D eigenvalue weighted by molar-refractivity contribution is 5.91. The number of hydrogen-bond donors (Lipinski definition) is 1. The van der Waals surface area contributed by atoms with Crippen molar-refractivity contribution in [3.63, 3.8) is 0 Å². The van der Waals surface area contributed by atoms with Crippen molar-refractivity contribution in [2.75, 3.05) is 42.9 Å². The molecule has 1 aliphatic rings. The fourth-order valence-electron chi connectivity index (χ4n) is 3.00. The van der Waals surface area contributed by atoms with E-state index in [0.717, 1.165) is 32.0 Å². The zero-order chi connectivity index (χ0) is 18.1. The van der Waals surface area contributed by atoms with Gasteiger partial charge in [-0.2, -0.15) is 0 Å². The number of carbonyl (C=O) groups is 1. The van der Waals surface area contributed by atoms with E-state index in [1.54, 1.807) is 24.7 Å². The molecule has 0 aromatic carbocycles. The van der Waals surface area contributed by atoms with Crippen molar-refractivity contribution in [1.82, 2.24) is 35.0 Å². The minimum Gasteiger partial charge on any atom is -0.360 e. The van der Waals surface area contributed by atoms with Crippen LogP contribution < -0.4 is 10.2 Å². The van der Waals surface area contributed by atoms with E-state index in [1.807, 2.05) is 0 Å². The first-order chi connectivity index (χ1) is 12.6. The van der Waals surface area contributed by atoms with Crippen LogP contribution in [-0.4, -0.2) is 73.6 Å². The highest BCUT2D eigenvalue weighted by Gasteiger charge is 2.23. The maximum absolute atomic E-state index is 12.1. The molecule has 136 valence electrons. The molecular formula is C15H19N9O2. The molecular weight excluding hydrogens is 338 g/mol. The van der Waals surface area contributed by atoms with Gasteiger partial charge in [-0.15, -0.1) is 5.10 Å². The fraction of sp³-hybridized carbons (Fsp3) is 0.467. The number of piperazine rings is 1. The molecule has 1 aliphatic heterocycles. The van der Waals surface area contributed by atoms with Gasteiger partial charge in [-0.25, -0.2) is 14.6 Å². The molecule has 1 N–H and O–H groups in total. The molecule has 1 fully saturated rings. The van der Waals surface area contributed by atoms with Crippen LogP contribution in [0, 0.1) is 6.92 Å². The van der Waals surface area contributed by atoms with Crippen LogP contribution in [0.4, 0.5) is 11.6 Å². The van der Waals surface area contributed by atoms with E-state index >= 15 is 0 Å². The number of rotatable bonds is 4.